The van der Waals surface area contributed by atoms with Crippen LogP contribution in [0, 0.1) is 0 Å². The molecule has 1 N–H and O–H groups in total. The second kappa shape index (κ2) is 3.49. The third-order valence-corrected chi connectivity index (χ3v) is 2.57. The second-order valence-electron chi connectivity index (χ2n) is 1.44. The topological polar surface area (TPSA) is 12.0 Å². The van der Waals surface area contributed by atoms with Gasteiger partial charge in [0.2, 0.25) is 0 Å². The van der Waals surface area contributed by atoms with Gasteiger partial charge in [-0.05, 0) is 28.1 Å². The standard InChI is InChI=1S/C5H6BrNS2/c6-4-1-2-5(9-4)7-3-8/h1-2,7-8H,3H2. The van der Waals surface area contributed by atoms with Crippen molar-refractivity contribution in [3.8, 4) is 0 Å². The van der Waals surface area contributed by atoms with E-state index in [0.717, 1.165) is 8.79 Å². The average Bonchev–Trinajstić information content (AvgIpc) is 2.17. The molecule has 50 valence electrons. The van der Waals surface area contributed by atoms with Gasteiger partial charge in [-0.3, -0.25) is 0 Å². The molecule has 1 rings (SSSR count). The molecule has 1 aromatic rings. The Kier molecular flexibility index (Phi) is 2.88. The largest absolute Gasteiger partial charge is 0.368 e. The minimum absolute atomic E-state index is 0.687. The zero-order valence-corrected chi connectivity index (χ0v) is 7.89. The summed E-state index contributed by atoms with van der Waals surface area (Å²) in [4.78, 5) is 0. The molecule has 1 heterocycles. The van der Waals surface area contributed by atoms with Crippen LogP contribution in [-0.2, 0) is 0 Å². The van der Waals surface area contributed by atoms with Crippen molar-refractivity contribution in [3.05, 3.63) is 15.9 Å². The molecule has 0 saturated carbocycles. The number of halogens is 1. The highest BCUT2D eigenvalue weighted by atomic mass is 79.9. The number of thiophene rings is 1. The minimum Gasteiger partial charge on any atom is -0.368 e. The van der Waals surface area contributed by atoms with Crippen molar-refractivity contribution >= 4 is 44.9 Å². The summed E-state index contributed by atoms with van der Waals surface area (Å²) >= 11 is 9.05. The predicted octanol–water partition coefficient (Wildman–Crippen LogP) is 2.81. The second-order valence-corrected chi connectivity index (χ2v) is 4.22. The van der Waals surface area contributed by atoms with E-state index >= 15 is 0 Å². The summed E-state index contributed by atoms with van der Waals surface area (Å²) in [5, 5.41) is 4.23. The third-order valence-electron chi connectivity index (χ3n) is 0.826. The van der Waals surface area contributed by atoms with Gasteiger partial charge in [-0.25, -0.2) is 0 Å². The van der Waals surface area contributed by atoms with Gasteiger partial charge in [0.15, 0.2) is 0 Å². The Morgan fingerprint density at radius 2 is 2.44 bits per heavy atom. The van der Waals surface area contributed by atoms with Crippen molar-refractivity contribution in [3.63, 3.8) is 0 Å². The number of hydrogen-bond donors (Lipinski definition) is 2. The van der Waals surface area contributed by atoms with Gasteiger partial charge >= 0.3 is 0 Å². The summed E-state index contributed by atoms with van der Waals surface area (Å²) in [6.45, 7) is 0. The molecule has 4 heteroatoms. The van der Waals surface area contributed by atoms with Gasteiger partial charge in [-0.15, -0.1) is 11.3 Å². The average molecular weight is 224 g/mol. The van der Waals surface area contributed by atoms with Crippen LogP contribution in [0.5, 0.6) is 0 Å². The van der Waals surface area contributed by atoms with Crippen LogP contribution in [0.2, 0.25) is 0 Å². The zero-order valence-electron chi connectivity index (χ0n) is 4.60. The smallest absolute Gasteiger partial charge is 0.0900 e. The van der Waals surface area contributed by atoms with Crippen LogP contribution in [-0.4, -0.2) is 5.88 Å². The number of anilines is 1. The molecule has 1 aromatic heterocycles. The van der Waals surface area contributed by atoms with Crippen molar-refractivity contribution in [1.82, 2.24) is 0 Å². The van der Waals surface area contributed by atoms with Crippen LogP contribution >= 0.6 is 39.9 Å². The first-order valence-corrected chi connectivity index (χ1v) is 4.67. The van der Waals surface area contributed by atoms with Crippen molar-refractivity contribution < 1.29 is 0 Å². The summed E-state index contributed by atoms with van der Waals surface area (Å²) in [6.07, 6.45) is 0. The Balaban J connectivity index is 2.61. The van der Waals surface area contributed by atoms with Crippen molar-refractivity contribution in [2.75, 3.05) is 11.2 Å². The third kappa shape index (κ3) is 2.20. The lowest BCUT2D eigenvalue weighted by molar-refractivity contribution is 1.53. The molecule has 0 aromatic carbocycles. The van der Waals surface area contributed by atoms with Gasteiger partial charge in [0.05, 0.1) is 14.7 Å². The molecular weight excluding hydrogens is 218 g/mol. The fourth-order valence-electron chi connectivity index (χ4n) is 0.487. The molecule has 9 heavy (non-hydrogen) atoms. The van der Waals surface area contributed by atoms with Crippen molar-refractivity contribution in [2.24, 2.45) is 0 Å². The SMILES string of the molecule is SCNc1ccc(Br)s1. The summed E-state index contributed by atoms with van der Waals surface area (Å²) in [5.41, 5.74) is 0. The first-order valence-electron chi connectivity index (χ1n) is 2.43. The maximum absolute atomic E-state index is 4.02. The lowest BCUT2D eigenvalue weighted by Crippen LogP contribution is -1.89. The van der Waals surface area contributed by atoms with E-state index in [2.05, 4.69) is 33.9 Å². The Labute approximate surface area is 72.0 Å². The molecule has 0 unspecified atom stereocenters. The highest BCUT2D eigenvalue weighted by Crippen LogP contribution is 2.26. The molecule has 0 aliphatic heterocycles. The van der Waals surface area contributed by atoms with Gasteiger partial charge in [-0.1, -0.05) is 0 Å². The van der Waals surface area contributed by atoms with Gasteiger partial charge in [-0.2, -0.15) is 12.6 Å². The van der Waals surface area contributed by atoms with Crippen LogP contribution in [0.3, 0.4) is 0 Å². The Hall–Kier alpha value is 0.330. The van der Waals surface area contributed by atoms with Gasteiger partial charge in [0.25, 0.3) is 0 Å². The van der Waals surface area contributed by atoms with E-state index in [1.54, 1.807) is 11.3 Å². The first-order chi connectivity index (χ1) is 4.33. The predicted molar refractivity (Wildman–Crippen MR) is 49.5 cm³/mol. The normalized spacial score (nSPS) is 9.56. The van der Waals surface area contributed by atoms with E-state index in [1.807, 2.05) is 12.1 Å². The molecule has 0 bridgehead atoms. The molecule has 0 amide bonds. The molecule has 0 spiro atoms. The number of nitrogens with one attached hydrogen (secondary N) is 1. The number of rotatable bonds is 2. The molecule has 0 radical (unpaired) electrons. The fraction of sp³-hybridized carbons (Fsp3) is 0.200. The van der Waals surface area contributed by atoms with Crippen LogP contribution in [0.15, 0.2) is 15.9 Å². The van der Waals surface area contributed by atoms with E-state index in [0.29, 0.717) is 5.88 Å². The molecule has 1 nitrogen and oxygen atoms in total. The van der Waals surface area contributed by atoms with E-state index in [1.165, 1.54) is 0 Å². The molecule has 0 aliphatic carbocycles. The van der Waals surface area contributed by atoms with Crippen LogP contribution in [0.4, 0.5) is 5.00 Å². The lowest BCUT2D eigenvalue weighted by atomic mass is 10.6. The maximum atomic E-state index is 4.02. The van der Waals surface area contributed by atoms with Gasteiger partial charge < -0.3 is 5.32 Å². The Bertz CT molecular complexity index is 187. The van der Waals surface area contributed by atoms with Gasteiger partial charge in [0.1, 0.15) is 0 Å². The molecule has 0 fully saturated rings. The summed E-state index contributed by atoms with van der Waals surface area (Å²) in [5.74, 6) is 0.687. The summed E-state index contributed by atoms with van der Waals surface area (Å²) < 4.78 is 1.15. The van der Waals surface area contributed by atoms with Gasteiger partial charge in [0, 0.05) is 0 Å². The Morgan fingerprint density at radius 3 is 2.89 bits per heavy atom. The van der Waals surface area contributed by atoms with E-state index in [4.69, 9.17) is 0 Å². The highest BCUT2D eigenvalue weighted by molar-refractivity contribution is 9.11. The maximum Gasteiger partial charge on any atom is 0.0900 e. The van der Waals surface area contributed by atoms with Crippen LogP contribution < -0.4 is 5.32 Å². The Morgan fingerprint density at radius 1 is 1.67 bits per heavy atom. The minimum atomic E-state index is 0.687. The van der Waals surface area contributed by atoms with Crippen LogP contribution in [0.1, 0.15) is 0 Å². The van der Waals surface area contributed by atoms with E-state index in [9.17, 15) is 0 Å². The van der Waals surface area contributed by atoms with Crippen LogP contribution in [0.25, 0.3) is 0 Å². The molecule has 0 atom stereocenters. The molecule has 0 aliphatic rings. The van der Waals surface area contributed by atoms with Crippen molar-refractivity contribution in [1.29, 1.82) is 0 Å². The monoisotopic (exact) mass is 223 g/mol. The lowest BCUT2D eigenvalue weighted by Gasteiger charge is -1.93. The summed E-state index contributed by atoms with van der Waals surface area (Å²) in [6, 6.07) is 4.03. The molecular formula is C5H6BrNS2. The number of hydrogen-bond acceptors (Lipinski definition) is 3. The number of thiol groups is 1. The molecule has 0 saturated heterocycles. The fourth-order valence-corrected chi connectivity index (χ4v) is 2.05. The quantitative estimate of drug-likeness (QED) is 0.581. The first kappa shape index (κ1) is 7.44. The van der Waals surface area contributed by atoms with Crippen molar-refractivity contribution in [2.45, 2.75) is 0 Å². The highest BCUT2D eigenvalue weighted by Gasteiger charge is 1.92. The van der Waals surface area contributed by atoms with E-state index < -0.39 is 0 Å². The summed E-state index contributed by atoms with van der Waals surface area (Å²) in [7, 11) is 0. The zero-order chi connectivity index (χ0) is 6.69. The van der Waals surface area contributed by atoms with E-state index in [-0.39, 0.29) is 0 Å².